The molecule has 0 unspecified atom stereocenters. The predicted octanol–water partition coefficient (Wildman–Crippen LogP) is 3.79. The molecule has 8 heteroatoms. The largest absolute Gasteiger partial charge is 0.457 e. The van der Waals surface area contributed by atoms with Gasteiger partial charge in [-0.1, -0.05) is 30.3 Å². The van der Waals surface area contributed by atoms with E-state index in [2.05, 4.69) is 22.1 Å². The van der Waals surface area contributed by atoms with Crippen LogP contribution in [0.3, 0.4) is 0 Å². The molecule has 0 amide bonds. The Morgan fingerprint density at radius 1 is 1.06 bits per heavy atom. The molecule has 0 saturated carbocycles. The number of nitriles is 1. The summed E-state index contributed by atoms with van der Waals surface area (Å²) < 4.78 is 5.77. The number of piperidine rings is 1. The summed E-state index contributed by atoms with van der Waals surface area (Å²) in [6.45, 7) is 1.97. The topological polar surface area (TPSA) is 134 Å². The molecule has 5 N–H and O–H groups in total. The first-order chi connectivity index (χ1) is 15.2. The van der Waals surface area contributed by atoms with E-state index in [4.69, 9.17) is 15.7 Å². The van der Waals surface area contributed by atoms with Gasteiger partial charge in [-0.25, -0.2) is 0 Å². The maximum atomic E-state index is 11.1. The Bertz CT molecular complexity index is 975. The van der Waals surface area contributed by atoms with Gasteiger partial charge < -0.3 is 21.1 Å². The zero-order valence-corrected chi connectivity index (χ0v) is 17.6. The van der Waals surface area contributed by atoms with E-state index in [9.17, 15) is 4.79 Å². The first-order valence-electron chi connectivity index (χ1n) is 10.1. The molecule has 0 radical (unpaired) electrons. The number of aromatic amines is 1. The van der Waals surface area contributed by atoms with E-state index in [-0.39, 0.29) is 5.82 Å². The summed E-state index contributed by atoms with van der Waals surface area (Å²) >= 11 is 0. The molecule has 0 atom stereocenters. The number of anilines is 1. The lowest BCUT2D eigenvalue weighted by molar-refractivity contribution is 0.112. The van der Waals surface area contributed by atoms with E-state index in [1.165, 1.54) is 26.3 Å². The number of rotatable bonds is 4. The lowest BCUT2D eigenvalue weighted by atomic mass is 10.1. The molecule has 1 fully saturated rings. The number of aldehydes is 1. The quantitative estimate of drug-likeness (QED) is 0.432. The van der Waals surface area contributed by atoms with E-state index in [0.717, 1.165) is 24.4 Å². The van der Waals surface area contributed by atoms with E-state index >= 15 is 0 Å². The summed E-state index contributed by atoms with van der Waals surface area (Å²) in [5.41, 5.74) is 11.9. The second kappa shape index (κ2) is 12.7. The average Bonchev–Trinajstić information content (AvgIpc) is 3.22. The van der Waals surface area contributed by atoms with Gasteiger partial charge in [0.15, 0.2) is 18.3 Å². The smallest absolute Gasteiger partial charge is 0.179 e. The standard InChI is InChI=1S/C16H13N3O2.C6H10N2.CH5N/c17-16-14(10-20)15(18-19-16)11-5-4-8-13(9-11)21-12-6-2-1-3-7-12;7-6-8-4-2-1-3-5-8;1-2/h1-10H,(H3,17,18,19);1-5H2;2H2,1H3. The highest BCUT2D eigenvalue weighted by Crippen LogP contribution is 2.29. The highest BCUT2D eigenvalue weighted by Gasteiger charge is 2.12. The predicted molar refractivity (Wildman–Crippen MR) is 121 cm³/mol. The maximum absolute atomic E-state index is 11.1. The van der Waals surface area contributed by atoms with Crippen LogP contribution in [0.2, 0.25) is 0 Å². The third kappa shape index (κ3) is 6.87. The van der Waals surface area contributed by atoms with E-state index < -0.39 is 0 Å². The summed E-state index contributed by atoms with van der Waals surface area (Å²) in [6.07, 6.45) is 6.54. The van der Waals surface area contributed by atoms with Crippen LogP contribution in [0.4, 0.5) is 5.82 Å². The minimum absolute atomic E-state index is 0.189. The van der Waals surface area contributed by atoms with Crippen molar-refractivity contribution in [2.24, 2.45) is 5.73 Å². The number of aromatic nitrogens is 2. The molecule has 1 aliphatic heterocycles. The third-order valence-electron chi connectivity index (χ3n) is 4.55. The second-order valence-corrected chi connectivity index (χ2v) is 6.61. The molecular weight excluding hydrogens is 392 g/mol. The molecule has 0 spiro atoms. The van der Waals surface area contributed by atoms with Crippen LogP contribution in [-0.4, -0.2) is 41.5 Å². The van der Waals surface area contributed by atoms with Crippen molar-refractivity contribution < 1.29 is 9.53 Å². The molecule has 8 nitrogen and oxygen atoms in total. The maximum Gasteiger partial charge on any atom is 0.179 e. The fraction of sp³-hybridized carbons (Fsp3) is 0.261. The van der Waals surface area contributed by atoms with Crippen LogP contribution in [-0.2, 0) is 0 Å². The number of hydrogen-bond acceptors (Lipinski definition) is 7. The molecule has 162 valence electrons. The number of carbonyl (C=O) groups excluding carboxylic acids is 1. The normalized spacial score (nSPS) is 12.4. The SMILES string of the molecule is CN.N#CN1CCCCC1.Nc1n[nH]c(-c2cccc(Oc3ccccc3)c2)c1C=O. The van der Waals surface area contributed by atoms with Gasteiger partial charge in [-0.15, -0.1) is 0 Å². The molecule has 2 aromatic carbocycles. The number of nitrogen functional groups attached to an aromatic ring is 1. The fourth-order valence-corrected chi connectivity index (χ4v) is 3.04. The molecule has 3 aromatic rings. The van der Waals surface area contributed by atoms with Crippen molar-refractivity contribution in [2.75, 3.05) is 25.9 Å². The number of nitrogens with two attached hydrogens (primary N) is 2. The van der Waals surface area contributed by atoms with E-state index in [1.807, 2.05) is 59.5 Å². The van der Waals surface area contributed by atoms with Crippen molar-refractivity contribution in [1.82, 2.24) is 15.1 Å². The molecule has 31 heavy (non-hydrogen) atoms. The molecule has 1 saturated heterocycles. The molecular formula is C23H28N6O2. The van der Waals surface area contributed by atoms with Crippen LogP contribution in [0.5, 0.6) is 11.5 Å². The second-order valence-electron chi connectivity index (χ2n) is 6.61. The van der Waals surface area contributed by atoms with Crippen molar-refractivity contribution in [3.05, 3.63) is 60.2 Å². The Balaban J connectivity index is 0.000000286. The van der Waals surface area contributed by atoms with Crippen LogP contribution >= 0.6 is 0 Å². The summed E-state index contributed by atoms with van der Waals surface area (Å²) in [5, 5.41) is 15.0. The van der Waals surface area contributed by atoms with Gasteiger partial charge in [0, 0.05) is 18.7 Å². The minimum Gasteiger partial charge on any atom is -0.457 e. The molecule has 2 heterocycles. The summed E-state index contributed by atoms with van der Waals surface area (Å²) in [5.74, 6) is 1.60. The van der Waals surface area contributed by atoms with Crippen LogP contribution in [0.15, 0.2) is 54.6 Å². The van der Waals surface area contributed by atoms with Gasteiger partial charge >= 0.3 is 0 Å². The Hall–Kier alpha value is -3.83. The Labute approximate surface area is 182 Å². The number of para-hydroxylation sites is 1. The average molecular weight is 421 g/mol. The Morgan fingerprint density at radius 3 is 2.35 bits per heavy atom. The number of likely N-dealkylation sites (tertiary alicyclic amines) is 1. The summed E-state index contributed by atoms with van der Waals surface area (Å²) in [4.78, 5) is 12.9. The van der Waals surface area contributed by atoms with Crippen LogP contribution < -0.4 is 16.2 Å². The number of carbonyl (C=O) groups is 1. The van der Waals surface area contributed by atoms with Crippen molar-refractivity contribution in [1.29, 1.82) is 5.26 Å². The summed E-state index contributed by atoms with van der Waals surface area (Å²) in [6, 6.07) is 16.8. The van der Waals surface area contributed by atoms with Crippen molar-refractivity contribution in [3.63, 3.8) is 0 Å². The number of hydrogen-bond donors (Lipinski definition) is 3. The number of benzene rings is 2. The van der Waals surface area contributed by atoms with Gasteiger partial charge in [0.05, 0.1) is 11.3 Å². The van der Waals surface area contributed by atoms with Crippen LogP contribution in [0.25, 0.3) is 11.3 Å². The highest BCUT2D eigenvalue weighted by molar-refractivity contribution is 5.91. The fourth-order valence-electron chi connectivity index (χ4n) is 3.04. The number of nitrogens with one attached hydrogen (secondary N) is 1. The van der Waals surface area contributed by atoms with Gasteiger partial charge in [-0.05, 0) is 50.6 Å². The minimum atomic E-state index is 0.189. The van der Waals surface area contributed by atoms with Gasteiger partial charge in [-0.2, -0.15) is 10.4 Å². The van der Waals surface area contributed by atoms with E-state index in [1.54, 1.807) is 0 Å². The summed E-state index contributed by atoms with van der Waals surface area (Å²) in [7, 11) is 1.50. The number of H-pyrrole nitrogens is 1. The van der Waals surface area contributed by atoms with Crippen LogP contribution in [0, 0.1) is 11.5 Å². The van der Waals surface area contributed by atoms with Crippen LogP contribution in [0.1, 0.15) is 29.6 Å². The van der Waals surface area contributed by atoms with Gasteiger partial charge in [-0.3, -0.25) is 9.89 Å². The van der Waals surface area contributed by atoms with Gasteiger partial charge in [0.25, 0.3) is 0 Å². The number of ether oxygens (including phenoxy) is 1. The molecule has 1 aliphatic rings. The third-order valence-corrected chi connectivity index (χ3v) is 4.55. The highest BCUT2D eigenvalue weighted by atomic mass is 16.5. The van der Waals surface area contributed by atoms with Crippen molar-refractivity contribution in [2.45, 2.75) is 19.3 Å². The molecule has 0 bridgehead atoms. The first-order valence-corrected chi connectivity index (χ1v) is 10.1. The molecule has 0 aliphatic carbocycles. The lowest BCUT2D eigenvalue weighted by Gasteiger charge is -2.19. The monoisotopic (exact) mass is 420 g/mol. The zero-order chi connectivity index (χ0) is 22.5. The Morgan fingerprint density at radius 2 is 1.74 bits per heavy atom. The zero-order valence-electron chi connectivity index (χ0n) is 17.6. The van der Waals surface area contributed by atoms with E-state index in [0.29, 0.717) is 23.3 Å². The van der Waals surface area contributed by atoms with Gasteiger partial charge in [0.1, 0.15) is 11.5 Å². The Kier molecular flexibility index (Phi) is 9.59. The number of nitrogens with zero attached hydrogens (tertiary/aromatic N) is 3. The first kappa shape index (κ1) is 23.4. The molecule has 1 aromatic heterocycles. The van der Waals surface area contributed by atoms with Crippen molar-refractivity contribution >= 4 is 12.1 Å². The lowest BCUT2D eigenvalue weighted by Crippen LogP contribution is -2.24. The van der Waals surface area contributed by atoms with Crippen molar-refractivity contribution in [3.8, 4) is 28.9 Å². The van der Waals surface area contributed by atoms with Gasteiger partial charge in [0.2, 0.25) is 0 Å². The molecule has 4 rings (SSSR count).